The topological polar surface area (TPSA) is 92.0 Å². The summed E-state index contributed by atoms with van der Waals surface area (Å²) < 4.78 is 43.2. The average molecular weight is 483 g/mol. The van der Waals surface area contributed by atoms with Gasteiger partial charge in [-0.2, -0.15) is 18.3 Å². The molecule has 4 rings (SSSR count). The lowest BCUT2D eigenvalue weighted by Gasteiger charge is -2.22. The SMILES string of the molecule is Cc1nn(-c2ccccc2C(F)(F)F)c(C)c1NC(=O)CC(C(=O)[O-])n1c(C)cc2ccccc21. The first-order valence-corrected chi connectivity index (χ1v) is 10.8. The number of halogens is 3. The van der Waals surface area contributed by atoms with Crippen LogP contribution in [-0.4, -0.2) is 26.2 Å². The fourth-order valence-electron chi connectivity index (χ4n) is 4.33. The molecule has 0 saturated heterocycles. The number of carboxylic acid groups (broad SMARTS) is 1. The zero-order chi connectivity index (χ0) is 25.5. The number of carboxylic acids is 1. The summed E-state index contributed by atoms with van der Waals surface area (Å²) in [5.74, 6) is -2.06. The first-order chi connectivity index (χ1) is 16.5. The second-order valence-electron chi connectivity index (χ2n) is 8.27. The maximum absolute atomic E-state index is 13.5. The highest BCUT2D eigenvalue weighted by molar-refractivity contribution is 5.95. The Morgan fingerprint density at radius 2 is 1.71 bits per heavy atom. The van der Waals surface area contributed by atoms with Crippen LogP contribution in [0.15, 0.2) is 54.6 Å². The van der Waals surface area contributed by atoms with Gasteiger partial charge in [0, 0.05) is 11.2 Å². The molecule has 2 aromatic heterocycles. The number of carbonyl (C=O) groups excluding carboxylic acids is 2. The minimum atomic E-state index is -4.59. The molecule has 0 aliphatic rings. The fraction of sp³-hybridized carbons (Fsp3) is 0.240. The number of nitrogens with zero attached hydrogens (tertiary/aromatic N) is 3. The van der Waals surface area contributed by atoms with Crippen LogP contribution >= 0.6 is 0 Å². The van der Waals surface area contributed by atoms with Gasteiger partial charge in [0.25, 0.3) is 0 Å². The van der Waals surface area contributed by atoms with E-state index in [1.165, 1.54) is 29.7 Å². The van der Waals surface area contributed by atoms with Gasteiger partial charge in [-0.15, -0.1) is 0 Å². The number of aryl methyl sites for hydroxylation is 2. The molecule has 1 unspecified atom stereocenters. The number of nitrogens with one attached hydrogen (secondary N) is 1. The molecule has 1 amide bonds. The number of hydrogen-bond acceptors (Lipinski definition) is 4. The van der Waals surface area contributed by atoms with E-state index < -0.39 is 36.1 Å². The van der Waals surface area contributed by atoms with Crippen molar-refractivity contribution in [1.29, 1.82) is 0 Å². The zero-order valence-electron chi connectivity index (χ0n) is 19.2. The van der Waals surface area contributed by atoms with Crippen LogP contribution in [0, 0.1) is 20.8 Å². The van der Waals surface area contributed by atoms with Crippen molar-refractivity contribution in [2.45, 2.75) is 39.4 Å². The van der Waals surface area contributed by atoms with E-state index in [1.54, 1.807) is 26.0 Å². The van der Waals surface area contributed by atoms with Crippen LogP contribution in [0.3, 0.4) is 0 Å². The highest BCUT2D eigenvalue weighted by Gasteiger charge is 2.34. The molecule has 7 nitrogen and oxygen atoms in total. The number of carbonyl (C=O) groups is 2. The van der Waals surface area contributed by atoms with Crippen molar-refractivity contribution in [3.05, 3.63) is 77.2 Å². The number of para-hydroxylation sites is 2. The summed E-state index contributed by atoms with van der Waals surface area (Å²) in [7, 11) is 0. The van der Waals surface area contributed by atoms with Gasteiger partial charge in [0.15, 0.2) is 0 Å². The van der Waals surface area contributed by atoms with Crippen molar-refractivity contribution >= 4 is 28.5 Å². The lowest BCUT2D eigenvalue weighted by molar-refractivity contribution is -0.310. The first-order valence-electron chi connectivity index (χ1n) is 10.8. The molecule has 0 bridgehead atoms. The van der Waals surface area contributed by atoms with E-state index >= 15 is 0 Å². The van der Waals surface area contributed by atoms with Crippen LogP contribution in [0.25, 0.3) is 16.6 Å². The standard InChI is InChI=1S/C25H23F3N4O3/c1-14-12-17-8-4-6-10-19(17)31(14)21(24(34)35)13-22(33)29-23-15(2)30-32(16(23)3)20-11-7-5-9-18(20)25(26,27)28/h4-12,21H,13H2,1-3H3,(H,29,33)(H,34,35)/p-1. The van der Waals surface area contributed by atoms with E-state index in [1.807, 2.05) is 18.2 Å². The Kier molecular flexibility index (Phi) is 6.14. The highest BCUT2D eigenvalue weighted by atomic mass is 19.4. The molecule has 2 heterocycles. The number of rotatable bonds is 6. The third kappa shape index (κ3) is 4.51. The molecule has 0 spiro atoms. The summed E-state index contributed by atoms with van der Waals surface area (Å²) in [6.45, 7) is 4.82. The van der Waals surface area contributed by atoms with Crippen LogP contribution in [0.4, 0.5) is 18.9 Å². The Morgan fingerprint density at radius 3 is 2.40 bits per heavy atom. The van der Waals surface area contributed by atoms with Crippen LogP contribution < -0.4 is 10.4 Å². The van der Waals surface area contributed by atoms with Crippen LogP contribution in [-0.2, 0) is 15.8 Å². The van der Waals surface area contributed by atoms with Gasteiger partial charge in [-0.3, -0.25) is 4.79 Å². The Balaban J connectivity index is 1.64. The van der Waals surface area contributed by atoms with Crippen LogP contribution in [0.1, 0.15) is 35.1 Å². The molecule has 10 heteroatoms. The van der Waals surface area contributed by atoms with Gasteiger partial charge in [0.1, 0.15) is 0 Å². The van der Waals surface area contributed by atoms with Crippen molar-refractivity contribution in [2.24, 2.45) is 0 Å². The summed E-state index contributed by atoms with van der Waals surface area (Å²) in [4.78, 5) is 24.9. The van der Waals surface area contributed by atoms with Gasteiger partial charge in [-0.1, -0.05) is 30.3 Å². The van der Waals surface area contributed by atoms with E-state index in [9.17, 15) is 27.9 Å². The summed E-state index contributed by atoms with van der Waals surface area (Å²) in [5, 5.41) is 19.7. The molecule has 4 aromatic rings. The Hall–Kier alpha value is -4.08. The second kappa shape index (κ2) is 8.94. The van der Waals surface area contributed by atoms with Gasteiger partial charge < -0.3 is 19.8 Å². The molecule has 1 atom stereocenters. The monoisotopic (exact) mass is 483 g/mol. The molecule has 0 saturated carbocycles. The zero-order valence-corrected chi connectivity index (χ0v) is 19.2. The van der Waals surface area contributed by atoms with Gasteiger partial charge in [0.2, 0.25) is 5.91 Å². The summed E-state index contributed by atoms with van der Waals surface area (Å²) in [6, 6.07) is 12.7. The van der Waals surface area contributed by atoms with Gasteiger partial charge >= 0.3 is 6.18 Å². The van der Waals surface area contributed by atoms with Crippen molar-refractivity contribution in [1.82, 2.24) is 14.3 Å². The van der Waals surface area contributed by atoms with Crippen molar-refractivity contribution in [3.63, 3.8) is 0 Å². The molecule has 182 valence electrons. The van der Waals surface area contributed by atoms with Crippen molar-refractivity contribution < 1.29 is 27.9 Å². The largest absolute Gasteiger partial charge is 0.548 e. The molecule has 0 aliphatic carbocycles. The molecule has 0 fully saturated rings. The molecule has 2 aromatic carbocycles. The number of anilines is 1. The number of fused-ring (bicyclic) bond motifs is 1. The quantitative estimate of drug-likeness (QED) is 0.447. The Bertz CT molecular complexity index is 1440. The lowest BCUT2D eigenvalue weighted by Crippen LogP contribution is -2.36. The first kappa shape index (κ1) is 24.1. The third-order valence-electron chi connectivity index (χ3n) is 5.90. The van der Waals surface area contributed by atoms with Crippen LogP contribution in [0.5, 0.6) is 0 Å². The molecule has 35 heavy (non-hydrogen) atoms. The molecule has 0 aliphatic heterocycles. The van der Waals surface area contributed by atoms with Crippen LogP contribution in [0.2, 0.25) is 0 Å². The molecule has 1 N–H and O–H groups in total. The maximum Gasteiger partial charge on any atom is 0.418 e. The fourth-order valence-corrected chi connectivity index (χ4v) is 4.33. The normalized spacial score (nSPS) is 12.6. The van der Waals surface area contributed by atoms with Gasteiger partial charge in [0.05, 0.1) is 46.8 Å². The highest BCUT2D eigenvalue weighted by Crippen LogP contribution is 2.35. The summed E-state index contributed by atoms with van der Waals surface area (Å²) >= 11 is 0. The van der Waals surface area contributed by atoms with E-state index in [-0.39, 0.29) is 17.1 Å². The van der Waals surface area contributed by atoms with Crippen molar-refractivity contribution in [2.75, 3.05) is 5.32 Å². The molecule has 0 radical (unpaired) electrons. The van der Waals surface area contributed by atoms with E-state index in [0.717, 1.165) is 16.1 Å². The second-order valence-corrected chi connectivity index (χ2v) is 8.27. The number of aliphatic carboxylic acids is 1. The molecular formula is C25H22F3N4O3-. The van der Waals surface area contributed by atoms with E-state index in [2.05, 4.69) is 10.4 Å². The third-order valence-corrected chi connectivity index (χ3v) is 5.90. The molecular weight excluding hydrogens is 461 g/mol. The number of amides is 1. The van der Waals surface area contributed by atoms with Crippen molar-refractivity contribution in [3.8, 4) is 5.69 Å². The number of aromatic nitrogens is 3. The predicted octanol–water partition coefficient (Wildman–Crippen LogP) is 4.09. The summed E-state index contributed by atoms with van der Waals surface area (Å²) in [6.07, 6.45) is -5.03. The Labute approximate surface area is 198 Å². The average Bonchev–Trinajstić information content (AvgIpc) is 3.27. The van der Waals surface area contributed by atoms with E-state index in [0.29, 0.717) is 16.9 Å². The van der Waals surface area contributed by atoms with Gasteiger partial charge in [-0.25, -0.2) is 4.68 Å². The minimum Gasteiger partial charge on any atom is -0.548 e. The smallest absolute Gasteiger partial charge is 0.418 e. The summed E-state index contributed by atoms with van der Waals surface area (Å²) in [5.41, 5.74) is 1.05. The number of hydrogen-bond donors (Lipinski definition) is 1. The predicted molar refractivity (Wildman–Crippen MR) is 122 cm³/mol. The van der Waals surface area contributed by atoms with Gasteiger partial charge in [-0.05, 0) is 50.4 Å². The Morgan fingerprint density at radius 1 is 1.06 bits per heavy atom. The van der Waals surface area contributed by atoms with E-state index in [4.69, 9.17) is 0 Å². The maximum atomic E-state index is 13.5. The number of benzene rings is 2. The number of alkyl halides is 3. The lowest BCUT2D eigenvalue weighted by atomic mass is 10.1. The minimum absolute atomic E-state index is 0.178.